The maximum Gasteiger partial charge on any atom is 0.331 e. The van der Waals surface area contributed by atoms with Crippen molar-refractivity contribution in [2.45, 2.75) is 176 Å². The molecule has 1 aliphatic rings. The lowest BCUT2D eigenvalue weighted by Crippen LogP contribution is -2.04. The summed E-state index contributed by atoms with van der Waals surface area (Å²) in [6.45, 7) is 11.3. The molecule has 230 valence electrons. The van der Waals surface area contributed by atoms with Crippen LogP contribution in [0, 0.1) is 23.7 Å². The minimum atomic E-state index is -0.245. The molecule has 0 atom stereocenters. The average Bonchev–Trinajstić information content (AvgIpc) is 3.09. The fourth-order valence-electron chi connectivity index (χ4n) is 5.46. The van der Waals surface area contributed by atoms with Crippen LogP contribution in [0.5, 0.6) is 0 Å². The summed E-state index contributed by atoms with van der Waals surface area (Å²) >= 11 is 0. The Morgan fingerprint density at radius 1 is 0.634 bits per heavy atom. The lowest BCUT2D eigenvalue weighted by atomic mass is 9.87. The highest BCUT2D eigenvalue weighted by molar-refractivity contribution is 5.84. The van der Waals surface area contributed by atoms with Gasteiger partial charge in [-0.15, -0.1) is 0 Å². The molecule has 2 heteroatoms. The molecule has 2 nitrogen and oxygen atoms in total. The molecule has 0 aromatic rings. The van der Waals surface area contributed by atoms with Crippen LogP contribution in [0.3, 0.4) is 0 Å². The molecule has 0 amide bonds. The third-order valence-electron chi connectivity index (χ3n) is 7.90. The summed E-state index contributed by atoms with van der Waals surface area (Å²) in [5.41, 5.74) is 6.29. The molecule has 0 radical (unpaired) electrons. The van der Waals surface area contributed by atoms with Crippen molar-refractivity contribution in [2.24, 2.45) is 0 Å². The summed E-state index contributed by atoms with van der Waals surface area (Å²) in [4.78, 5) is 12.7. The molecule has 0 aromatic carbocycles. The molecule has 0 unspecified atom stereocenters. The van der Waals surface area contributed by atoms with E-state index in [1.807, 2.05) is 6.92 Å². The molecule has 0 spiro atoms. The van der Waals surface area contributed by atoms with Crippen LogP contribution >= 0.6 is 0 Å². The van der Waals surface area contributed by atoms with E-state index in [2.05, 4.69) is 51.4 Å². The maximum atomic E-state index is 12.7. The van der Waals surface area contributed by atoms with E-state index in [1.54, 1.807) is 6.08 Å². The highest BCUT2D eigenvalue weighted by Crippen LogP contribution is 2.38. The molecule has 0 aliphatic heterocycles. The van der Waals surface area contributed by atoms with Crippen LogP contribution in [-0.2, 0) is 9.53 Å². The molecule has 0 bridgehead atoms. The van der Waals surface area contributed by atoms with Crippen molar-refractivity contribution in [1.82, 2.24) is 0 Å². The fraction of sp³-hybridized carbons (Fsp3) is 0.718. The van der Waals surface area contributed by atoms with E-state index in [9.17, 15) is 4.79 Å². The summed E-state index contributed by atoms with van der Waals surface area (Å²) in [6.07, 6.45) is 27.1. The number of esters is 1. The Balaban J connectivity index is 3.61. The van der Waals surface area contributed by atoms with Crippen molar-refractivity contribution < 1.29 is 9.53 Å². The number of hydrogen-bond donors (Lipinski definition) is 0. The largest absolute Gasteiger partial charge is 0.463 e. The Hall–Kier alpha value is -2.19. The van der Waals surface area contributed by atoms with E-state index in [0.717, 1.165) is 62.5 Å². The third kappa shape index (κ3) is 16.7. The van der Waals surface area contributed by atoms with E-state index in [-0.39, 0.29) is 5.97 Å². The summed E-state index contributed by atoms with van der Waals surface area (Å²) in [5, 5.41) is 0. The molecule has 1 aliphatic carbocycles. The quantitative estimate of drug-likeness (QED) is 0.0638. The van der Waals surface area contributed by atoms with Crippen LogP contribution < -0.4 is 0 Å². The third-order valence-corrected chi connectivity index (χ3v) is 7.90. The second kappa shape index (κ2) is 25.5. The smallest absolute Gasteiger partial charge is 0.331 e. The van der Waals surface area contributed by atoms with Crippen molar-refractivity contribution in [3.05, 3.63) is 33.9 Å². The van der Waals surface area contributed by atoms with Gasteiger partial charge >= 0.3 is 5.97 Å². The van der Waals surface area contributed by atoms with E-state index in [1.165, 1.54) is 107 Å². The van der Waals surface area contributed by atoms with E-state index in [0.29, 0.717) is 6.61 Å². The second-order valence-electron chi connectivity index (χ2n) is 11.6. The van der Waals surface area contributed by atoms with E-state index < -0.39 is 0 Å². The maximum absolute atomic E-state index is 12.7. The van der Waals surface area contributed by atoms with Crippen molar-refractivity contribution in [1.29, 1.82) is 0 Å². The number of carbonyl (C=O) groups excluding carboxylic acids is 1. The van der Waals surface area contributed by atoms with Crippen molar-refractivity contribution in [3.8, 4) is 23.7 Å². The summed E-state index contributed by atoms with van der Waals surface area (Å²) < 4.78 is 5.38. The Morgan fingerprint density at radius 2 is 1.15 bits per heavy atom. The molecule has 0 saturated heterocycles. The van der Waals surface area contributed by atoms with Crippen LogP contribution in [0.2, 0.25) is 0 Å². The normalized spacial score (nSPS) is 14.4. The topological polar surface area (TPSA) is 26.3 Å². The van der Waals surface area contributed by atoms with Gasteiger partial charge in [-0.25, -0.2) is 4.79 Å². The van der Waals surface area contributed by atoms with Gasteiger partial charge in [-0.1, -0.05) is 128 Å². The van der Waals surface area contributed by atoms with Gasteiger partial charge in [-0.05, 0) is 75.0 Å². The molecule has 1 rings (SSSR count). The zero-order valence-corrected chi connectivity index (χ0v) is 27.7. The van der Waals surface area contributed by atoms with Crippen LogP contribution in [0.15, 0.2) is 33.9 Å². The van der Waals surface area contributed by atoms with Gasteiger partial charge in [0.15, 0.2) is 0 Å². The van der Waals surface area contributed by atoms with Gasteiger partial charge < -0.3 is 4.74 Å². The van der Waals surface area contributed by atoms with Crippen LogP contribution in [-0.4, -0.2) is 12.6 Å². The van der Waals surface area contributed by atoms with Gasteiger partial charge in [0.1, 0.15) is 0 Å². The van der Waals surface area contributed by atoms with Gasteiger partial charge in [0.05, 0.1) is 6.61 Å². The predicted molar refractivity (Wildman–Crippen MR) is 179 cm³/mol. The molecule has 0 aromatic heterocycles. The molecule has 0 N–H and O–H groups in total. The Bertz CT molecular complexity index is 938. The number of allylic oxidation sites excluding steroid dienone is 5. The lowest BCUT2D eigenvalue weighted by Gasteiger charge is -2.17. The minimum absolute atomic E-state index is 0.245. The SMILES string of the molecule is CCCCCCC#CC1=C(CCCCCC)C(CCCCCC)=C(C#CCCCCCC)/C(=C/C(=O)OCC)CC1. The number of unbranched alkanes of at least 4 members (excludes halogenated alkanes) is 14. The molecular weight excluding hydrogens is 500 g/mol. The molecular formula is C39H62O2. The van der Waals surface area contributed by atoms with Gasteiger partial charge in [0.2, 0.25) is 0 Å². The van der Waals surface area contributed by atoms with Crippen molar-refractivity contribution in [3.63, 3.8) is 0 Å². The fourth-order valence-corrected chi connectivity index (χ4v) is 5.46. The van der Waals surface area contributed by atoms with E-state index >= 15 is 0 Å². The number of ether oxygens (including phenoxy) is 1. The van der Waals surface area contributed by atoms with Gasteiger partial charge in [0, 0.05) is 30.1 Å². The first-order valence-corrected chi connectivity index (χ1v) is 17.4. The van der Waals surface area contributed by atoms with Gasteiger partial charge in [-0.2, -0.15) is 0 Å². The molecule has 0 heterocycles. The van der Waals surface area contributed by atoms with Crippen LogP contribution in [0.25, 0.3) is 0 Å². The van der Waals surface area contributed by atoms with Gasteiger partial charge in [0.25, 0.3) is 0 Å². The number of hydrogen-bond acceptors (Lipinski definition) is 2. The minimum Gasteiger partial charge on any atom is -0.463 e. The average molecular weight is 563 g/mol. The lowest BCUT2D eigenvalue weighted by molar-refractivity contribution is -0.137. The monoisotopic (exact) mass is 562 g/mol. The van der Waals surface area contributed by atoms with Crippen LogP contribution in [0.1, 0.15) is 176 Å². The van der Waals surface area contributed by atoms with E-state index in [4.69, 9.17) is 4.74 Å². The number of rotatable bonds is 20. The summed E-state index contributed by atoms with van der Waals surface area (Å²) in [6, 6.07) is 0. The van der Waals surface area contributed by atoms with Crippen molar-refractivity contribution in [2.75, 3.05) is 6.61 Å². The van der Waals surface area contributed by atoms with Gasteiger partial charge in [-0.3, -0.25) is 0 Å². The first-order valence-electron chi connectivity index (χ1n) is 17.4. The predicted octanol–water partition coefficient (Wildman–Crippen LogP) is 11.8. The highest BCUT2D eigenvalue weighted by Gasteiger charge is 2.22. The summed E-state index contributed by atoms with van der Waals surface area (Å²) in [5.74, 6) is 14.2. The molecule has 0 saturated carbocycles. The second-order valence-corrected chi connectivity index (χ2v) is 11.6. The number of carbonyl (C=O) groups is 1. The Labute approximate surface area is 255 Å². The zero-order valence-electron chi connectivity index (χ0n) is 27.7. The van der Waals surface area contributed by atoms with Crippen molar-refractivity contribution >= 4 is 5.97 Å². The zero-order chi connectivity index (χ0) is 30.0. The summed E-state index contributed by atoms with van der Waals surface area (Å²) in [7, 11) is 0. The van der Waals surface area contributed by atoms with Crippen LogP contribution in [0.4, 0.5) is 0 Å². The first kappa shape index (κ1) is 36.8. The first-order chi connectivity index (χ1) is 20.1. The molecule has 0 fully saturated rings. The Morgan fingerprint density at radius 3 is 1.68 bits per heavy atom. The molecule has 41 heavy (non-hydrogen) atoms. The Kier molecular flexibility index (Phi) is 22.9. The highest BCUT2D eigenvalue weighted by atomic mass is 16.5. The standard InChI is InChI=1S/C39H62O2/c1-6-11-15-19-21-23-27-34-31-32-35(33-39(40)41-10-5)37(29-26-22-20-16-12-7-2)38(30-25-18-14-9-4)36(34)28-24-17-13-8-3/h33H,6-22,24-25,28,30-32H2,1-5H3/b35-33+.